The standard InChI is InChI=1S/C26H24N4O2S/c1-15-14-33-25(27-15)17-6-4-5-16(9-17)23(31)28-19-12-26(13-19)10-18(11-26)22-20-7-2-3-8-21(20)24(32)30-29-22/h2-9,14,18-19H,10-13H2,1H3,(H,28,31)(H,30,32). The van der Waals surface area contributed by atoms with Gasteiger partial charge in [-0.15, -0.1) is 11.3 Å². The molecule has 2 saturated carbocycles. The molecule has 2 heterocycles. The fourth-order valence-corrected chi connectivity index (χ4v) is 6.39. The SMILES string of the molecule is Cc1csc(-c2cccc(C(=O)NC3CC4(C3)CC(c3n[nH]c(=O)c5ccccc35)C4)c2)n1. The molecule has 4 aromatic rings. The van der Waals surface area contributed by atoms with Crippen molar-refractivity contribution in [3.63, 3.8) is 0 Å². The summed E-state index contributed by atoms with van der Waals surface area (Å²) in [6, 6.07) is 15.6. The van der Waals surface area contributed by atoms with Gasteiger partial charge in [0.15, 0.2) is 0 Å². The monoisotopic (exact) mass is 456 g/mol. The minimum absolute atomic E-state index is 0.0193. The molecule has 7 heteroatoms. The first kappa shape index (κ1) is 20.3. The number of amides is 1. The summed E-state index contributed by atoms with van der Waals surface area (Å²) in [5.41, 5.74) is 3.81. The zero-order valence-electron chi connectivity index (χ0n) is 18.3. The molecule has 1 spiro atoms. The van der Waals surface area contributed by atoms with E-state index >= 15 is 0 Å². The number of nitrogens with one attached hydrogen (secondary N) is 2. The lowest BCUT2D eigenvalue weighted by Gasteiger charge is -2.57. The number of fused-ring (bicyclic) bond motifs is 1. The highest BCUT2D eigenvalue weighted by Crippen LogP contribution is 2.62. The average Bonchev–Trinajstić information content (AvgIpc) is 3.22. The van der Waals surface area contributed by atoms with E-state index in [0.29, 0.717) is 22.3 Å². The van der Waals surface area contributed by atoms with Gasteiger partial charge in [-0.25, -0.2) is 10.1 Å². The van der Waals surface area contributed by atoms with E-state index in [9.17, 15) is 9.59 Å². The van der Waals surface area contributed by atoms with Crippen molar-refractivity contribution in [1.29, 1.82) is 0 Å². The van der Waals surface area contributed by atoms with Crippen molar-refractivity contribution in [1.82, 2.24) is 20.5 Å². The van der Waals surface area contributed by atoms with Crippen molar-refractivity contribution < 1.29 is 4.79 Å². The lowest BCUT2D eigenvalue weighted by Crippen LogP contribution is -2.55. The molecule has 166 valence electrons. The van der Waals surface area contributed by atoms with E-state index in [1.54, 1.807) is 11.3 Å². The quantitative estimate of drug-likeness (QED) is 0.461. The molecular formula is C26H24N4O2S. The van der Waals surface area contributed by atoms with Crippen LogP contribution >= 0.6 is 11.3 Å². The normalized spacial score (nSPS) is 23.8. The van der Waals surface area contributed by atoms with E-state index in [1.165, 1.54) is 0 Å². The molecule has 33 heavy (non-hydrogen) atoms. The first-order valence-corrected chi connectivity index (χ1v) is 12.2. The summed E-state index contributed by atoms with van der Waals surface area (Å²) < 4.78 is 0. The van der Waals surface area contributed by atoms with Gasteiger partial charge in [-0.3, -0.25) is 9.59 Å². The molecule has 0 radical (unpaired) electrons. The Morgan fingerprint density at radius 2 is 1.88 bits per heavy atom. The van der Waals surface area contributed by atoms with Crippen molar-refractivity contribution in [2.24, 2.45) is 5.41 Å². The molecule has 2 aromatic heterocycles. The molecule has 0 bridgehead atoms. The maximum absolute atomic E-state index is 12.8. The van der Waals surface area contributed by atoms with E-state index in [1.807, 2.05) is 60.8 Å². The molecular weight excluding hydrogens is 432 g/mol. The molecule has 2 aliphatic carbocycles. The molecule has 0 atom stereocenters. The van der Waals surface area contributed by atoms with Gasteiger partial charge in [0.25, 0.3) is 11.5 Å². The second kappa shape index (κ2) is 7.63. The summed E-state index contributed by atoms with van der Waals surface area (Å²) in [6.45, 7) is 1.98. The number of hydrogen-bond acceptors (Lipinski definition) is 5. The number of carbonyl (C=O) groups excluding carboxylic acids is 1. The summed E-state index contributed by atoms with van der Waals surface area (Å²) in [4.78, 5) is 29.4. The zero-order valence-corrected chi connectivity index (χ0v) is 19.1. The van der Waals surface area contributed by atoms with Gasteiger partial charge >= 0.3 is 0 Å². The number of nitrogens with zero attached hydrogens (tertiary/aromatic N) is 2. The Labute approximate surface area is 195 Å². The van der Waals surface area contributed by atoms with Crippen LogP contribution in [0.3, 0.4) is 0 Å². The van der Waals surface area contributed by atoms with Crippen molar-refractivity contribution in [3.8, 4) is 10.6 Å². The largest absolute Gasteiger partial charge is 0.349 e. The Kier molecular flexibility index (Phi) is 4.69. The second-order valence-corrected chi connectivity index (χ2v) is 10.4. The summed E-state index contributed by atoms with van der Waals surface area (Å²) >= 11 is 1.60. The van der Waals surface area contributed by atoms with Crippen LogP contribution in [0.2, 0.25) is 0 Å². The predicted octanol–water partition coefficient (Wildman–Crippen LogP) is 4.81. The van der Waals surface area contributed by atoms with Crippen LogP contribution in [0.4, 0.5) is 0 Å². The van der Waals surface area contributed by atoms with E-state index in [4.69, 9.17) is 0 Å². The van der Waals surface area contributed by atoms with Crippen LogP contribution < -0.4 is 10.9 Å². The summed E-state index contributed by atoms with van der Waals surface area (Å²) in [5, 5.41) is 14.9. The summed E-state index contributed by atoms with van der Waals surface area (Å²) in [6.07, 6.45) is 4.12. The second-order valence-electron chi connectivity index (χ2n) is 9.54. The molecule has 2 fully saturated rings. The highest BCUT2D eigenvalue weighted by atomic mass is 32.1. The van der Waals surface area contributed by atoms with Gasteiger partial charge in [0.05, 0.1) is 11.1 Å². The third-order valence-corrected chi connectivity index (χ3v) is 8.17. The Morgan fingerprint density at radius 1 is 1.09 bits per heavy atom. The van der Waals surface area contributed by atoms with Gasteiger partial charge in [0.1, 0.15) is 5.01 Å². The third kappa shape index (κ3) is 3.56. The first-order chi connectivity index (χ1) is 16.0. The Balaban J connectivity index is 1.09. The number of aromatic amines is 1. The molecule has 2 aliphatic rings. The fraction of sp³-hybridized carbons (Fsp3) is 0.308. The van der Waals surface area contributed by atoms with E-state index < -0.39 is 0 Å². The minimum atomic E-state index is -0.135. The number of benzene rings is 2. The third-order valence-electron chi connectivity index (χ3n) is 7.16. The number of rotatable bonds is 4. The Bertz CT molecular complexity index is 1430. The predicted molar refractivity (Wildman–Crippen MR) is 130 cm³/mol. The molecule has 2 aromatic carbocycles. The van der Waals surface area contributed by atoms with Crippen molar-refractivity contribution in [2.45, 2.75) is 44.6 Å². The maximum atomic E-state index is 12.8. The van der Waals surface area contributed by atoms with Crippen LogP contribution in [0.1, 0.15) is 53.3 Å². The van der Waals surface area contributed by atoms with Gasteiger partial charge in [-0.1, -0.05) is 30.3 Å². The van der Waals surface area contributed by atoms with Gasteiger partial charge in [-0.05, 0) is 56.2 Å². The first-order valence-electron chi connectivity index (χ1n) is 11.3. The van der Waals surface area contributed by atoms with Crippen molar-refractivity contribution in [2.75, 3.05) is 0 Å². The Hall–Kier alpha value is -3.32. The molecule has 0 aliphatic heterocycles. The van der Waals surface area contributed by atoms with E-state index in [0.717, 1.165) is 53.0 Å². The van der Waals surface area contributed by atoms with Crippen molar-refractivity contribution >= 4 is 28.0 Å². The van der Waals surface area contributed by atoms with Crippen LogP contribution in [-0.2, 0) is 0 Å². The van der Waals surface area contributed by atoms with Crippen LogP contribution in [0, 0.1) is 12.3 Å². The topological polar surface area (TPSA) is 87.7 Å². The molecule has 6 nitrogen and oxygen atoms in total. The Morgan fingerprint density at radius 3 is 2.64 bits per heavy atom. The van der Waals surface area contributed by atoms with E-state index in [2.05, 4.69) is 20.5 Å². The maximum Gasteiger partial charge on any atom is 0.272 e. The van der Waals surface area contributed by atoms with Crippen LogP contribution in [0.15, 0.2) is 58.7 Å². The highest BCUT2D eigenvalue weighted by molar-refractivity contribution is 7.13. The van der Waals surface area contributed by atoms with Gasteiger partial charge in [0, 0.05) is 39.5 Å². The van der Waals surface area contributed by atoms with Crippen molar-refractivity contribution in [3.05, 3.63) is 81.2 Å². The smallest absolute Gasteiger partial charge is 0.272 e. The zero-order chi connectivity index (χ0) is 22.6. The van der Waals surface area contributed by atoms with Crippen LogP contribution in [-0.4, -0.2) is 27.1 Å². The summed E-state index contributed by atoms with van der Waals surface area (Å²) in [7, 11) is 0. The lowest BCUT2D eigenvalue weighted by molar-refractivity contribution is -0.0196. The summed E-state index contributed by atoms with van der Waals surface area (Å²) in [5.74, 6) is 0.344. The minimum Gasteiger partial charge on any atom is -0.349 e. The van der Waals surface area contributed by atoms with E-state index in [-0.39, 0.29) is 17.5 Å². The number of carbonyl (C=O) groups is 1. The van der Waals surface area contributed by atoms with Crippen LogP contribution in [0.25, 0.3) is 21.3 Å². The van der Waals surface area contributed by atoms with Crippen LogP contribution in [0.5, 0.6) is 0 Å². The number of aromatic nitrogens is 3. The number of hydrogen-bond donors (Lipinski definition) is 2. The molecule has 1 amide bonds. The highest BCUT2D eigenvalue weighted by Gasteiger charge is 2.54. The number of thiazole rings is 1. The molecule has 0 saturated heterocycles. The van der Waals surface area contributed by atoms with Gasteiger partial charge in [0.2, 0.25) is 0 Å². The molecule has 6 rings (SSSR count). The van der Waals surface area contributed by atoms with Gasteiger partial charge < -0.3 is 5.32 Å². The fourth-order valence-electron chi connectivity index (χ4n) is 5.60. The molecule has 2 N–H and O–H groups in total. The van der Waals surface area contributed by atoms with Gasteiger partial charge in [-0.2, -0.15) is 5.10 Å². The number of H-pyrrole nitrogens is 1. The lowest BCUT2D eigenvalue weighted by atomic mass is 9.49. The number of aryl methyl sites for hydroxylation is 1. The average molecular weight is 457 g/mol. The molecule has 0 unspecified atom stereocenters.